The number of rotatable bonds is 5. The van der Waals surface area contributed by atoms with Gasteiger partial charge in [-0.1, -0.05) is 29.8 Å². The van der Waals surface area contributed by atoms with Crippen LogP contribution in [0.5, 0.6) is 0 Å². The Hall–Kier alpha value is -1.64. The lowest BCUT2D eigenvalue weighted by Crippen LogP contribution is -2.52. The molecule has 0 spiro atoms. The Labute approximate surface area is 164 Å². The molecule has 0 bridgehead atoms. The van der Waals surface area contributed by atoms with Crippen LogP contribution in [0.1, 0.15) is 12.0 Å². The smallest absolute Gasteiger partial charge is 0.234 e. The van der Waals surface area contributed by atoms with Crippen molar-refractivity contribution in [2.75, 3.05) is 44.2 Å². The van der Waals surface area contributed by atoms with E-state index in [0.29, 0.717) is 37.6 Å². The van der Waals surface area contributed by atoms with E-state index in [9.17, 15) is 18.0 Å². The summed E-state index contributed by atoms with van der Waals surface area (Å²) in [5.74, 6) is 0.0454. The van der Waals surface area contributed by atoms with Crippen LogP contribution in [-0.4, -0.2) is 80.3 Å². The van der Waals surface area contributed by atoms with Crippen molar-refractivity contribution in [2.24, 2.45) is 0 Å². The summed E-state index contributed by atoms with van der Waals surface area (Å²) in [5.41, 5.74) is 0.817. The minimum atomic E-state index is -3.00. The third-order valence-electron chi connectivity index (χ3n) is 4.99. The van der Waals surface area contributed by atoms with Crippen LogP contribution in [0.4, 0.5) is 0 Å². The second-order valence-electron chi connectivity index (χ2n) is 7.09. The molecule has 0 aliphatic carbocycles. The average Bonchev–Trinajstić information content (AvgIpc) is 2.95. The van der Waals surface area contributed by atoms with E-state index in [0.717, 1.165) is 5.56 Å². The maximum atomic E-state index is 12.5. The summed E-state index contributed by atoms with van der Waals surface area (Å²) >= 11 is 6.11. The van der Waals surface area contributed by atoms with Crippen molar-refractivity contribution in [3.8, 4) is 0 Å². The molecular weight excluding hydrogens is 390 g/mol. The van der Waals surface area contributed by atoms with E-state index in [1.807, 2.05) is 23.1 Å². The summed E-state index contributed by atoms with van der Waals surface area (Å²) in [5, 5.41) is 3.39. The maximum absolute atomic E-state index is 12.5. The maximum Gasteiger partial charge on any atom is 0.234 e. The molecule has 1 aromatic rings. The Morgan fingerprint density at radius 2 is 1.85 bits per heavy atom. The molecule has 148 valence electrons. The van der Waals surface area contributed by atoms with Crippen LogP contribution in [-0.2, 0) is 25.8 Å². The fourth-order valence-electron chi connectivity index (χ4n) is 3.46. The zero-order valence-corrected chi connectivity index (χ0v) is 16.6. The summed E-state index contributed by atoms with van der Waals surface area (Å²) in [4.78, 5) is 28.4. The molecule has 0 aromatic heterocycles. The molecule has 2 aliphatic rings. The van der Waals surface area contributed by atoms with Crippen molar-refractivity contribution in [1.29, 1.82) is 0 Å². The fraction of sp³-hybridized carbons (Fsp3) is 0.556. The van der Waals surface area contributed by atoms with Crippen LogP contribution >= 0.6 is 11.6 Å². The van der Waals surface area contributed by atoms with E-state index in [4.69, 9.17) is 11.6 Å². The Morgan fingerprint density at radius 3 is 2.48 bits per heavy atom. The van der Waals surface area contributed by atoms with E-state index in [-0.39, 0.29) is 42.3 Å². The van der Waals surface area contributed by atoms with Crippen molar-refractivity contribution in [1.82, 2.24) is 15.1 Å². The lowest BCUT2D eigenvalue weighted by Gasteiger charge is -2.34. The number of hydrogen-bond donors (Lipinski definition) is 1. The number of amides is 2. The van der Waals surface area contributed by atoms with Gasteiger partial charge in [-0.3, -0.25) is 14.5 Å². The van der Waals surface area contributed by atoms with Crippen LogP contribution < -0.4 is 5.32 Å². The lowest BCUT2D eigenvalue weighted by molar-refractivity contribution is -0.132. The number of sulfone groups is 1. The second-order valence-corrected chi connectivity index (χ2v) is 9.73. The van der Waals surface area contributed by atoms with Gasteiger partial charge in [-0.05, 0) is 18.1 Å². The summed E-state index contributed by atoms with van der Waals surface area (Å²) in [6.07, 6.45) is 0.759. The zero-order chi connectivity index (χ0) is 19.4. The highest BCUT2D eigenvalue weighted by molar-refractivity contribution is 7.91. The van der Waals surface area contributed by atoms with Gasteiger partial charge in [-0.25, -0.2) is 8.42 Å². The number of nitrogens with one attached hydrogen (secondary N) is 1. The predicted molar refractivity (Wildman–Crippen MR) is 103 cm³/mol. The topological polar surface area (TPSA) is 86.8 Å². The summed E-state index contributed by atoms with van der Waals surface area (Å²) in [7, 11) is -3.00. The van der Waals surface area contributed by atoms with Gasteiger partial charge in [0, 0.05) is 37.2 Å². The van der Waals surface area contributed by atoms with E-state index < -0.39 is 9.84 Å². The summed E-state index contributed by atoms with van der Waals surface area (Å²) < 4.78 is 22.9. The molecule has 27 heavy (non-hydrogen) atoms. The van der Waals surface area contributed by atoms with E-state index >= 15 is 0 Å². The molecule has 1 aromatic carbocycles. The van der Waals surface area contributed by atoms with Crippen LogP contribution in [0, 0.1) is 0 Å². The number of benzene rings is 1. The van der Waals surface area contributed by atoms with Gasteiger partial charge in [-0.15, -0.1) is 0 Å². The first-order chi connectivity index (χ1) is 12.8. The van der Waals surface area contributed by atoms with E-state index in [1.165, 1.54) is 0 Å². The zero-order valence-electron chi connectivity index (χ0n) is 15.1. The molecule has 2 fully saturated rings. The molecule has 2 aliphatic heterocycles. The van der Waals surface area contributed by atoms with Crippen LogP contribution in [0.2, 0.25) is 5.02 Å². The van der Waals surface area contributed by atoms with Crippen molar-refractivity contribution < 1.29 is 18.0 Å². The molecule has 0 radical (unpaired) electrons. The number of halogens is 1. The van der Waals surface area contributed by atoms with Gasteiger partial charge in [0.1, 0.15) is 0 Å². The first kappa shape index (κ1) is 20.1. The van der Waals surface area contributed by atoms with Gasteiger partial charge in [0.2, 0.25) is 11.8 Å². The summed E-state index contributed by atoms with van der Waals surface area (Å²) in [6.45, 7) is 2.58. The number of carbonyl (C=O) groups is 2. The van der Waals surface area contributed by atoms with Gasteiger partial charge < -0.3 is 10.2 Å². The van der Waals surface area contributed by atoms with Crippen molar-refractivity contribution in [3.63, 3.8) is 0 Å². The molecule has 2 heterocycles. The lowest BCUT2D eigenvalue weighted by atomic mass is 10.1. The van der Waals surface area contributed by atoms with Crippen molar-refractivity contribution in [2.45, 2.75) is 18.9 Å². The van der Waals surface area contributed by atoms with Gasteiger partial charge >= 0.3 is 0 Å². The molecule has 1 N–H and O–H groups in total. The van der Waals surface area contributed by atoms with E-state index in [1.54, 1.807) is 11.0 Å². The van der Waals surface area contributed by atoms with Crippen LogP contribution in [0.25, 0.3) is 0 Å². The number of hydrogen-bond acceptors (Lipinski definition) is 5. The highest BCUT2D eigenvalue weighted by Crippen LogP contribution is 2.17. The Bertz CT molecular complexity index is 807. The number of carbonyl (C=O) groups excluding carboxylic acids is 2. The monoisotopic (exact) mass is 413 g/mol. The molecule has 1 atom stereocenters. The fourth-order valence-corrected chi connectivity index (χ4v) is 5.33. The first-order valence-electron chi connectivity index (χ1n) is 9.06. The van der Waals surface area contributed by atoms with Gasteiger partial charge in [0.05, 0.1) is 24.5 Å². The number of piperazine rings is 1. The molecule has 2 saturated heterocycles. The van der Waals surface area contributed by atoms with Gasteiger partial charge in [0.25, 0.3) is 0 Å². The van der Waals surface area contributed by atoms with Crippen molar-refractivity contribution >= 4 is 33.3 Å². The molecule has 7 nitrogen and oxygen atoms in total. The standard InChI is InChI=1S/C18H24ClN3O4S/c19-16-4-2-1-3-14(16)11-18(24)22-8-6-21(7-9-22)12-17(23)20-15-5-10-27(25,26)13-15/h1-4,15H,5-13H2,(H,20,23). The quantitative estimate of drug-likeness (QED) is 0.751. The molecular formula is C18H24ClN3O4S. The third-order valence-corrected chi connectivity index (χ3v) is 7.13. The first-order valence-corrected chi connectivity index (χ1v) is 11.3. The van der Waals surface area contributed by atoms with Crippen LogP contribution in [0.3, 0.4) is 0 Å². The minimum Gasteiger partial charge on any atom is -0.351 e. The largest absolute Gasteiger partial charge is 0.351 e. The Morgan fingerprint density at radius 1 is 1.15 bits per heavy atom. The SMILES string of the molecule is O=C(CN1CCN(C(=O)Cc2ccccc2Cl)CC1)NC1CCS(=O)(=O)C1. The van der Waals surface area contributed by atoms with Crippen molar-refractivity contribution in [3.05, 3.63) is 34.9 Å². The molecule has 0 saturated carbocycles. The predicted octanol–water partition coefficient (Wildman–Crippen LogP) is 0.330. The third kappa shape index (κ3) is 5.67. The summed E-state index contributed by atoms with van der Waals surface area (Å²) in [6, 6.07) is 7.04. The second kappa shape index (κ2) is 8.58. The Balaban J connectivity index is 1.41. The molecule has 9 heteroatoms. The molecule has 3 rings (SSSR count). The normalized spacial score (nSPS) is 22.6. The molecule has 1 unspecified atom stereocenters. The Kier molecular flexibility index (Phi) is 6.39. The molecule has 2 amide bonds. The van der Waals surface area contributed by atoms with Gasteiger partial charge in [0.15, 0.2) is 9.84 Å². The highest BCUT2D eigenvalue weighted by atomic mass is 35.5. The minimum absolute atomic E-state index is 0.0308. The van der Waals surface area contributed by atoms with Gasteiger partial charge in [-0.2, -0.15) is 0 Å². The number of nitrogens with zero attached hydrogens (tertiary/aromatic N) is 2. The highest BCUT2D eigenvalue weighted by Gasteiger charge is 2.29. The average molecular weight is 414 g/mol. The van der Waals surface area contributed by atoms with Crippen LogP contribution in [0.15, 0.2) is 24.3 Å². The van der Waals surface area contributed by atoms with E-state index in [2.05, 4.69) is 5.32 Å².